The summed E-state index contributed by atoms with van der Waals surface area (Å²) in [5.41, 5.74) is 1.10. The fourth-order valence-corrected chi connectivity index (χ4v) is 1.44. The fourth-order valence-electron chi connectivity index (χ4n) is 1.44. The molecule has 20 heavy (non-hydrogen) atoms. The Kier molecular flexibility index (Phi) is 8.59. The first kappa shape index (κ1) is 18.4. The molecule has 0 saturated heterocycles. The van der Waals surface area contributed by atoms with E-state index < -0.39 is 23.4 Å². The lowest BCUT2D eigenvalue weighted by Crippen LogP contribution is -2.35. The zero-order valence-electron chi connectivity index (χ0n) is 12.8. The van der Waals surface area contributed by atoms with E-state index in [1.165, 1.54) is 0 Å². The average molecular weight is 287 g/mol. The molecule has 116 valence electrons. The number of carbonyl (C=O) groups excluding carboxylic acids is 3. The van der Waals surface area contributed by atoms with Crippen LogP contribution in [0.3, 0.4) is 0 Å². The summed E-state index contributed by atoms with van der Waals surface area (Å²) >= 11 is 0. The van der Waals surface area contributed by atoms with E-state index in [0.717, 1.165) is 25.7 Å². The number of hydrogen-bond donors (Lipinski definition) is 1. The molecule has 0 aliphatic rings. The van der Waals surface area contributed by atoms with Crippen LogP contribution in [0.5, 0.6) is 0 Å². The third kappa shape index (κ3) is 10.3. The first-order valence-electron chi connectivity index (χ1n) is 6.99. The summed E-state index contributed by atoms with van der Waals surface area (Å²) in [6.45, 7) is 7.13. The van der Waals surface area contributed by atoms with Crippen molar-refractivity contribution < 1.29 is 24.0 Å². The first-order chi connectivity index (χ1) is 9.26. The Morgan fingerprint density at radius 3 is 2.15 bits per heavy atom. The van der Waals surface area contributed by atoms with Crippen LogP contribution in [0.2, 0.25) is 0 Å². The van der Waals surface area contributed by atoms with Gasteiger partial charge in [0.1, 0.15) is 5.60 Å². The highest BCUT2D eigenvalue weighted by atomic mass is 16.7. The molecule has 0 fully saturated rings. The Bertz CT molecular complexity index is 333. The third-order valence-corrected chi connectivity index (χ3v) is 2.36. The Morgan fingerprint density at radius 2 is 1.60 bits per heavy atom. The van der Waals surface area contributed by atoms with Crippen LogP contribution in [-0.2, 0) is 19.2 Å². The van der Waals surface area contributed by atoms with Gasteiger partial charge in [0, 0.05) is 6.42 Å². The standard InChI is InChI=1S/C14H25NO5/c1-5-6-7-8-9-10-11(16)12(17)20-15-13(18)19-14(2,3)4/h5-10H2,1-4H3,(H,15,18). The summed E-state index contributed by atoms with van der Waals surface area (Å²) in [5.74, 6) is -1.70. The molecule has 0 aliphatic heterocycles. The van der Waals surface area contributed by atoms with Gasteiger partial charge in [-0.25, -0.2) is 9.59 Å². The molecule has 0 spiro atoms. The molecule has 6 heteroatoms. The molecule has 0 aromatic heterocycles. The monoisotopic (exact) mass is 287 g/mol. The van der Waals surface area contributed by atoms with Crippen molar-refractivity contribution in [2.75, 3.05) is 0 Å². The van der Waals surface area contributed by atoms with Crippen molar-refractivity contribution in [2.45, 2.75) is 71.8 Å². The molecule has 0 rings (SSSR count). The predicted octanol–water partition coefficient (Wildman–Crippen LogP) is 2.90. The van der Waals surface area contributed by atoms with Gasteiger partial charge in [0.05, 0.1) is 0 Å². The molecular formula is C14H25NO5. The zero-order chi connectivity index (χ0) is 15.6. The maximum atomic E-state index is 11.4. The van der Waals surface area contributed by atoms with E-state index in [1.807, 2.05) is 0 Å². The second kappa shape index (κ2) is 9.34. The zero-order valence-corrected chi connectivity index (χ0v) is 12.8. The van der Waals surface area contributed by atoms with Crippen LogP contribution in [0, 0.1) is 0 Å². The lowest BCUT2D eigenvalue weighted by Gasteiger charge is -2.18. The minimum Gasteiger partial charge on any atom is -0.442 e. The Balaban J connectivity index is 3.80. The normalized spacial score (nSPS) is 10.8. The summed E-state index contributed by atoms with van der Waals surface area (Å²) in [7, 11) is 0. The van der Waals surface area contributed by atoms with Gasteiger partial charge in [-0.05, 0) is 27.2 Å². The molecule has 0 atom stereocenters. The largest absolute Gasteiger partial charge is 0.442 e. The molecule has 0 radical (unpaired) electrons. The molecule has 1 amide bonds. The maximum absolute atomic E-state index is 11.4. The molecule has 0 aliphatic carbocycles. The van der Waals surface area contributed by atoms with Gasteiger partial charge in [-0.15, -0.1) is 5.48 Å². The van der Waals surface area contributed by atoms with Crippen molar-refractivity contribution in [1.29, 1.82) is 0 Å². The summed E-state index contributed by atoms with van der Waals surface area (Å²) in [5, 5.41) is 0. The number of nitrogens with one attached hydrogen (secondary N) is 1. The third-order valence-electron chi connectivity index (χ3n) is 2.36. The van der Waals surface area contributed by atoms with Crippen LogP contribution in [0.4, 0.5) is 4.79 Å². The van der Waals surface area contributed by atoms with Gasteiger partial charge < -0.3 is 9.57 Å². The van der Waals surface area contributed by atoms with Gasteiger partial charge in [-0.2, -0.15) is 0 Å². The van der Waals surface area contributed by atoms with Gasteiger partial charge in [0.25, 0.3) is 0 Å². The molecule has 0 heterocycles. The van der Waals surface area contributed by atoms with Crippen LogP contribution >= 0.6 is 0 Å². The predicted molar refractivity (Wildman–Crippen MR) is 73.8 cm³/mol. The molecule has 0 aromatic carbocycles. The summed E-state index contributed by atoms with van der Waals surface area (Å²) in [4.78, 5) is 38.3. The second-order valence-corrected chi connectivity index (χ2v) is 5.58. The van der Waals surface area contributed by atoms with Gasteiger partial charge in [-0.3, -0.25) is 4.79 Å². The van der Waals surface area contributed by atoms with Crippen LogP contribution in [-0.4, -0.2) is 23.4 Å². The summed E-state index contributed by atoms with van der Waals surface area (Å²) in [6, 6.07) is 0. The van der Waals surface area contributed by atoms with Gasteiger partial charge in [-0.1, -0.05) is 32.6 Å². The maximum Gasteiger partial charge on any atom is 0.441 e. The number of carbonyl (C=O) groups is 3. The molecule has 0 bridgehead atoms. The van der Waals surface area contributed by atoms with Crippen LogP contribution in [0.25, 0.3) is 0 Å². The number of amides is 1. The minimum absolute atomic E-state index is 0.137. The number of unbranched alkanes of at least 4 members (excludes halogenated alkanes) is 4. The number of hydrogen-bond acceptors (Lipinski definition) is 5. The van der Waals surface area contributed by atoms with E-state index in [0.29, 0.717) is 6.42 Å². The van der Waals surface area contributed by atoms with Crippen molar-refractivity contribution in [3.8, 4) is 0 Å². The molecule has 0 aromatic rings. The highest BCUT2D eigenvalue weighted by molar-refractivity contribution is 6.33. The lowest BCUT2D eigenvalue weighted by atomic mass is 10.1. The SMILES string of the molecule is CCCCCCCC(=O)C(=O)ONC(=O)OC(C)(C)C. The van der Waals surface area contributed by atoms with Crippen molar-refractivity contribution in [1.82, 2.24) is 5.48 Å². The van der Waals surface area contributed by atoms with Crippen molar-refractivity contribution in [3.63, 3.8) is 0 Å². The molecule has 0 unspecified atom stereocenters. The lowest BCUT2D eigenvalue weighted by molar-refractivity contribution is -0.159. The second-order valence-electron chi connectivity index (χ2n) is 5.58. The average Bonchev–Trinajstić information content (AvgIpc) is 2.33. The van der Waals surface area contributed by atoms with Crippen molar-refractivity contribution in [3.05, 3.63) is 0 Å². The minimum atomic E-state index is -1.06. The van der Waals surface area contributed by atoms with Crippen LogP contribution in [0.15, 0.2) is 0 Å². The van der Waals surface area contributed by atoms with Gasteiger partial charge >= 0.3 is 12.1 Å². The van der Waals surface area contributed by atoms with E-state index >= 15 is 0 Å². The molecular weight excluding hydrogens is 262 g/mol. The Labute approximate surface area is 120 Å². The molecule has 6 nitrogen and oxygen atoms in total. The van der Waals surface area contributed by atoms with E-state index in [1.54, 1.807) is 26.3 Å². The first-order valence-corrected chi connectivity index (χ1v) is 6.99. The Hall–Kier alpha value is -1.59. The summed E-state index contributed by atoms with van der Waals surface area (Å²) in [6.07, 6.45) is 4.09. The van der Waals surface area contributed by atoms with Gasteiger partial charge in [0.2, 0.25) is 5.78 Å². The number of rotatable bonds is 7. The van der Waals surface area contributed by atoms with E-state index in [2.05, 4.69) is 11.8 Å². The highest BCUT2D eigenvalue weighted by Crippen LogP contribution is 2.07. The topological polar surface area (TPSA) is 81.7 Å². The van der Waals surface area contributed by atoms with E-state index in [4.69, 9.17) is 4.74 Å². The van der Waals surface area contributed by atoms with E-state index in [-0.39, 0.29) is 6.42 Å². The fraction of sp³-hybridized carbons (Fsp3) is 0.786. The number of ketones is 1. The molecule has 0 saturated carbocycles. The summed E-state index contributed by atoms with van der Waals surface area (Å²) < 4.78 is 4.85. The van der Waals surface area contributed by atoms with Crippen molar-refractivity contribution in [2.24, 2.45) is 0 Å². The number of Topliss-reactive ketones (excluding diaryl/α,β-unsaturated/α-hetero) is 1. The Morgan fingerprint density at radius 1 is 1.00 bits per heavy atom. The molecule has 1 N–H and O–H groups in total. The highest BCUT2D eigenvalue weighted by Gasteiger charge is 2.20. The van der Waals surface area contributed by atoms with Crippen LogP contribution < -0.4 is 5.48 Å². The number of ether oxygens (including phenoxy) is 1. The van der Waals surface area contributed by atoms with E-state index in [9.17, 15) is 14.4 Å². The quantitative estimate of drug-likeness (QED) is 0.442. The van der Waals surface area contributed by atoms with Crippen LogP contribution in [0.1, 0.15) is 66.2 Å². The van der Waals surface area contributed by atoms with Crippen molar-refractivity contribution >= 4 is 17.8 Å². The van der Waals surface area contributed by atoms with Gasteiger partial charge in [0.15, 0.2) is 0 Å². The number of hydroxylamine groups is 1. The smallest absolute Gasteiger partial charge is 0.441 e.